The molecule has 3 aromatic carbocycles. The summed E-state index contributed by atoms with van der Waals surface area (Å²) < 4.78 is 13.1. The van der Waals surface area contributed by atoms with Crippen LogP contribution >= 0.6 is 11.8 Å². The summed E-state index contributed by atoms with van der Waals surface area (Å²) in [6.45, 7) is 15.3. The summed E-state index contributed by atoms with van der Waals surface area (Å²) in [5, 5.41) is -0.108. The van der Waals surface area contributed by atoms with E-state index in [1.54, 1.807) is 11.8 Å². The van der Waals surface area contributed by atoms with Crippen LogP contribution in [0.25, 0.3) is 0 Å². The molecule has 0 bridgehead atoms. The molecule has 5 rings (SSSR count). The zero-order valence-corrected chi connectivity index (χ0v) is 27.5. The van der Waals surface area contributed by atoms with Gasteiger partial charge in [0.05, 0.1) is 18.1 Å². The maximum absolute atomic E-state index is 14.3. The highest BCUT2D eigenvalue weighted by molar-refractivity contribution is 8.00. The predicted octanol–water partition coefficient (Wildman–Crippen LogP) is 7.74. The number of ether oxygens (including phenoxy) is 1. The van der Waals surface area contributed by atoms with Gasteiger partial charge in [-0.05, 0) is 54.2 Å². The topological polar surface area (TPSA) is 55.8 Å². The Labute approximate surface area is 256 Å². The van der Waals surface area contributed by atoms with Gasteiger partial charge in [-0.15, -0.1) is 11.8 Å². The minimum Gasteiger partial charge on any atom is -0.451 e. The number of β-lactam (4-membered cyclic amide) rings is 1. The Morgan fingerprint density at radius 1 is 0.881 bits per heavy atom. The molecular formula is C35H43NO4SSi. The van der Waals surface area contributed by atoms with Crippen LogP contribution in [0.4, 0.5) is 0 Å². The van der Waals surface area contributed by atoms with E-state index in [4.69, 9.17) is 9.16 Å². The molecule has 2 unspecified atom stereocenters. The number of carbonyl (C=O) groups excluding carboxylic acids is 2. The van der Waals surface area contributed by atoms with Crippen molar-refractivity contribution in [3.05, 3.63) is 102 Å². The molecule has 7 heteroatoms. The van der Waals surface area contributed by atoms with Gasteiger partial charge in [-0.3, -0.25) is 4.79 Å². The van der Waals surface area contributed by atoms with E-state index < -0.39 is 20.5 Å². The van der Waals surface area contributed by atoms with E-state index >= 15 is 0 Å². The van der Waals surface area contributed by atoms with Crippen LogP contribution in [0.2, 0.25) is 18.1 Å². The first-order chi connectivity index (χ1) is 19.9. The summed E-state index contributed by atoms with van der Waals surface area (Å²) in [6, 6.07) is 29.0. The molecule has 0 saturated carbocycles. The van der Waals surface area contributed by atoms with Crippen LogP contribution in [0, 0.1) is 11.8 Å². The molecule has 2 heterocycles. The van der Waals surface area contributed by atoms with Crippen LogP contribution < -0.4 is 0 Å². The number of benzene rings is 3. The molecule has 1 amide bonds. The number of nitrogens with zero attached hydrogens (tertiary/aromatic N) is 1. The van der Waals surface area contributed by atoms with Crippen molar-refractivity contribution in [3.63, 3.8) is 0 Å². The Hall–Kier alpha value is -2.87. The van der Waals surface area contributed by atoms with Crippen molar-refractivity contribution in [1.29, 1.82) is 0 Å². The third-order valence-electron chi connectivity index (χ3n) is 9.38. The van der Waals surface area contributed by atoms with Crippen LogP contribution in [0.15, 0.2) is 95.9 Å². The van der Waals surface area contributed by atoms with Gasteiger partial charge in [-0.1, -0.05) is 107 Å². The van der Waals surface area contributed by atoms with Crippen molar-refractivity contribution in [2.45, 2.75) is 87.2 Å². The fourth-order valence-electron chi connectivity index (χ4n) is 6.14. The van der Waals surface area contributed by atoms with Crippen molar-refractivity contribution in [2.75, 3.05) is 0 Å². The van der Waals surface area contributed by atoms with E-state index in [1.165, 1.54) is 0 Å². The lowest BCUT2D eigenvalue weighted by molar-refractivity contribution is -0.173. The van der Waals surface area contributed by atoms with E-state index in [0.717, 1.165) is 16.0 Å². The minimum absolute atomic E-state index is 0.00727. The lowest BCUT2D eigenvalue weighted by Gasteiger charge is -2.50. The Balaban J connectivity index is 1.46. The Bertz CT molecular complexity index is 1340. The maximum atomic E-state index is 14.3. The number of rotatable bonds is 9. The number of hydrogen-bond donors (Lipinski definition) is 0. The first-order valence-electron chi connectivity index (χ1n) is 14.9. The van der Waals surface area contributed by atoms with Crippen molar-refractivity contribution in [1.82, 2.24) is 4.90 Å². The number of amides is 1. The molecule has 5 nitrogen and oxygen atoms in total. The SMILES string of the molecule is C[C@@H](O[Si](C)(C)C(C)(C)C)[C@H]1C(=O)N2C(C(=O)OC(c3ccccc3)c3ccccc3)C(Sc3ccccc3)[C@H](C)[C@H]12. The van der Waals surface area contributed by atoms with Crippen molar-refractivity contribution in [3.8, 4) is 0 Å². The largest absolute Gasteiger partial charge is 0.451 e. The molecule has 0 N–H and O–H groups in total. The molecule has 0 aromatic heterocycles. The van der Waals surface area contributed by atoms with Gasteiger partial charge in [0, 0.05) is 10.1 Å². The summed E-state index contributed by atoms with van der Waals surface area (Å²) in [5.41, 5.74) is 1.80. The molecule has 0 aliphatic carbocycles. The minimum atomic E-state index is -2.09. The monoisotopic (exact) mass is 601 g/mol. The van der Waals surface area contributed by atoms with E-state index in [-0.39, 0.29) is 46.1 Å². The summed E-state index contributed by atoms with van der Waals surface area (Å²) >= 11 is 1.67. The highest BCUT2D eigenvalue weighted by atomic mass is 32.2. The molecule has 222 valence electrons. The van der Waals surface area contributed by atoms with Crippen LogP contribution in [0.1, 0.15) is 51.8 Å². The first kappa shape index (κ1) is 30.6. The van der Waals surface area contributed by atoms with Gasteiger partial charge in [0.2, 0.25) is 5.91 Å². The van der Waals surface area contributed by atoms with E-state index in [0.29, 0.717) is 0 Å². The Morgan fingerprint density at radius 3 is 1.88 bits per heavy atom. The summed E-state index contributed by atoms with van der Waals surface area (Å²) in [7, 11) is -2.09. The molecular weight excluding hydrogens is 559 g/mol. The van der Waals surface area contributed by atoms with Gasteiger partial charge in [-0.2, -0.15) is 0 Å². The highest BCUT2D eigenvalue weighted by Gasteiger charge is 2.65. The number of fused-ring (bicyclic) bond motifs is 1. The molecule has 2 aliphatic rings. The second kappa shape index (κ2) is 12.0. The fourth-order valence-corrected chi connectivity index (χ4v) is 8.94. The molecule has 2 fully saturated rings. The Kier molecular flexibility index (Phi) is 8.75. The van der Waals surface area contributed by atoms with E-state index in [1.807, 2.05) is 90.7 Å². The van der Waals surface area contributed by atoms with E-state index in [9.17, 15) is 9.59 Å². The molecule has 42 heavy (non-hydrogen) atoms. The zero-order valence-electron chi connectivity index (χ0n) is 25.7. The van der Waals surface area contributed by atoms with Crippen molar-refractivity contribution in [2.24, 2.45) is 11.8 Å². The second-order valence-corrected chi connectivity index (χ2v) is 19.2. The lowest BCUT2D eigenvalue weighted by Crippen LogP contribution is -2.67. The number of hydrogen-bond acceptors (Lipinski definition) is 5. The molecule has 6 atom stereocenters. The highest BCUT2D eigenvalue weighted by Crippen LogP contribution is 2.52. The zero-order chi connectivity index (χ0) is 30.2. The smallest absolute Gasteiger partial charge is 0.331 e. The quantitative estimate of drug-likeness (QED) is 0.143. The standard InChI is InChI=1S/C35H43NO4SSi/c1-23-29-28(24(2)40-42(6,7)35(3,4)5)33(37)36(29)30(32(23)41-27-21-15-10-16-22-27)34(38)39-31(25-17-11-8-12-18-25)26-19-13-9-14-20-26/h8-24,28-32H,1-7H3/t23-,24-,28-,29-,30?,32?/m1/s1. The second-order valence-electron chi connectivity index (χ2n) is 13.2. The van der Waals surface area contributed by atoms with Gasteiger partial charge >= 0.3 is 5.97 Å². The number of thioether (sulfide) groups is 1. The number of esters is 1. The molecule has 0 radical (unpaired) electrons. The Morgan fingerprint density at radius 2 is 1.38 bits per heavy atom. The average molecular weight is 602 g/mol. The summed E-state index contributed by atoms with van der Waals surface area (Å²) in [4.78, 5) is 31.1. The predicted molar refractivity (Wildman–Crippen MR) is 172 cm³/mol. The van der Waals surface area contributed by atoms with Gasteiger partial charge in [0.1, 0.15) is 6.04 Å². The third-order valence-corrected chi connectivity index (χ3v) is 15.5. The molecule has 2 aliphatic heterocycles. The first-order valence-corrected chi connectivity index (χ1v) is 18.7. The molecule has 0 spiro atoms. The van der Waals surface area contributed by atoms with Gasteiger partial charge in [0.25, 0.3) is 0 Å². The molecule has 2 saturated heterocycles. The van der Waals surface area contributed by atoms with Crippen LogP contribution in [-0.4, -0.2) is 48.5 Å². The van der Waals surface area contributed by atoms with Gasteiger partial charge in [-0.25, -0.2) is 4.79 Å². The summed E-state index contributed by atoms with van der Waals surface area (Å²) in [6.07, 6.45) is -0.787. The number of carbonyl (C=O) groups is 2. The summed E-state index contributed by atoms with van der Waals surface area (Å²) in [5.74, 6) is -0.565. The average Bonchev–Trinajstić information content (AvgIpc) is 3.20. The van der Waals surface area contributed by atoms with E-state index in [2.05, 4.69) is 52.9 Å². The third kappa shape index (κ3) is 5.84. The van der Waals surface area contributed by atoms with Gasteiger partial charge < -0.3 is 14.1 Å². The lowest BCUT2D eigenvalue weighted by atomic mass is 9.79. The fraction of sp³-hybridized carbons (Fsp3) is 0.429. The van der Waals surface area contributed by atoms with Crippen LogP contribution in [-0.2, 0) is 18.8 Å². The normalized spacial score (nSPS) is 24.7. The van der Waals surface area contributed by atoms with Gasteiger partial charge in [0.15, 0.2) is 14.4 Å². The van der Waals surface area contributed by atoms with Crippen LogP contribution in [0.3, 0.4) is 0 Å². The molecule has 3 aromatic rings. The van der Waals surface area contributed by atoms with Crippen molar-refractivity contribution < 1.29 is 18.8 Å². The van der Waals surface area contributed by atoms with Crippen molar-refractivity contribution >= 4 is 32.0 Å². The maximum Gasteiger partial charge on any atom is 0.331 e. The van der Waals surface area contributed by atoms with Crippen LogP contribution in [0.5, 0.6) is 0 Å².